The number of piperidine rings is 1. The second-order valence-corrected chi connectivity index (χ2v) is 7.34. The van der Waals surface area contributed by atoms with Crippen molar-refractivity contribution in [2.45, 2.75) is 32.1 Å². The summed E-state index contributed by atoms with van der Waals surface area (Å²) in [7, 11) is 0. The van der Waals surface area contributed by atoms with Crippen LogP contribution in [0.15, 0.2) is 24.4 Å². The number of nitrogens with zero attached hydrogens (tertiary/aromatic N) is 1. The van der Waals surface area contributed by atoms with Gasteiger partial charge >= 0.3 is 0 Å². The third-order valence-electron chi connectivity index (χ3n) is 5.78. The van der Waals surface area contributed by atoms with E-state index in [1.165, 1.54) is 6.07 Å². The molecule has 2 fully saturated rings. The number of hydrogen-bond acceptors (Lipinski definition) is 2. The fourth-order valence-electron chi connectivity index (χ4n) is 4.13. The first-order valence-corrected chi connectivity index (χ1v) is 8.83. The molecule has 4 rings (SSSR count). The molecule has 1 aromatic carbocycles. The fourth-order valence-corrected chi connectivity index (χ4v) is 4.13. The summed E-state index contributed by atoms with van der Waals surface area (Å²) in [6.07, 6.45) is 4.17. The highest BCUT2D eigenvalue weighted by Gasteiger charge is 2.47. The van der Waals surface area contributed by atoms with Gasteiger partial charge in [0.1, 0.15) is 11.2 Å². The number of carbonyl (C=O) groups excluding carboxylic acids is 2. The molecule has 2 amide bonds. The molecule has 2 aliphatic heterocycles. The zero-order chi connectivity index (χ0) is 17.6. The summed E-state index contributed by atoms with van der Waals surface area (Å²) in [6, 6.07) is 4.78. The molecule has 25 heavy (non-hydrogen) atoms. The van der Waals surface area contributed by atoms with Crippen LogP contribution in [0.4, 0.5) is 4.39 Å². The van der Waals surface area contributed by atoms with Gasteiger partial charge in [-0.3, -0.25) is 9.59 Å². The molecule has 0 radical (unpaired) electrons. The first kappa shape index (κ1) is 16.1. The lowest BCUT2D eigenvalue weighted by molar-refractivity contribution is -0.148. The molecule has 6 heteroatoms. The SMILES string of the molecule is CC1(C(=O)N2CCC(c3c[nH]c4ccc(F)cc34)CC2)CCNC1=O. The lowest BCUT2D eigenvalue weighted by Gasteiger charge is -2.36. The molecular formula is C19H22FN3O2. The summed E-state index contributed by atoms with van der Waals surface area (Å²) in [5.41, 5.74) is 1.13. The van der Waals surface area contributed by atoms with E-state index in [9.17, 15) is 14.0 Å². The highest BCUT2D eigenvalue weighted by atomic mass is 19.1. The van der Waals surface area contributed by atoms with E-state index in [-0.39, 0.29) is 17.6 Å². The highest BCUT2D eigenvalue weighted by Crippen LogP contribution is 2.36. The van der Waals surface area contributed by atoms with Gasteiger partial charge in [-0.2, -0.15) is 0 Å². The first-order valence-electron chi connectivity index (χ1n) is 8.83. The summed E-state index contributed by atoms with van der Waals surface area (Å²) in [6.45, 7) is 3.58. The molecular weight excluding hydrogens is 321 g/mol. The number of fused-ring (bicyclic) bond motifs is 1. The Bertz CT molecular complexity index is 838. The number of hydrogen-bond donors (Lipinski definition) is 2. The van der Waals surface area contributed by atoms with E-state index in [4.69, 9.17) is 0 Å². The van der Waals surface area contributed by atoms with Crippen LogP contribution in [0.2, 0.25) is 0 Å². The van der Waals surface area contributed by atoms with E-state index >= 15 is 0 Å². The normalized spacial score (nSPS) is 24.7. The topological polar surface area (TPSA) is 65.2 Å². The molecule has 1 aromatic heterocycles. The van der Waals surface area contributed by atoms with Crippen LogP contribution in [0.25, 0.3) is 10.9 Å². The van der Waals surface area contributed by atoms with Crippen molar-refractivity contribution in [2.24, 2.45) is 5.41 Å². The number of amides is 2. The van der Waals surface area contributed by atoms with Gasteiger partial charge in [0.15, 0.2) is 0 Å². The van der Waals surface area contributed by atoms with Crippen LogP contribution >= 0.6 is 0 Å². The Morgan fingerprint density at radius 2 is 2.08 bits per heavy atom. The second kappa shape index (κ2) is 5.86. The molecule has 0 bridgehead atoms. The molecule has 1 atom stereocenters. The van der Waals surface area contributed by atoms with Gasteiger partial charge in [-0.15, -0.1) is 0 Å². The van der Waals surface area contributed by atoms with Gasteiger partial charge in [0.2, 0.25) is 11.8 Å². The maximum Gasteiger partial charge on any atom is 0.238 e. The molecule has 3 heterocycles. The summed E-state index contributed by atoms with van der Waals surface area (Å²) >= 11 is 0. The van der Waals surface area contributed by atoms with Gasteiger partial charge in [0.25, 0.3) is 0 Å². The predicted molar refractivity (Wildman–Crippen MR) is 92.5 cm³/mol. The second-order valence-electron chi connectivity index (χ2n) is 7.34. The zero-order valence-corrected chi connectivity index (χ0v) is 14.3. The molecule has 0 aliphatic carbocycles. The summed E-state index contributed by atoms with van der Waals surface area (Å²) in [5, 5.41) is 3.68. The van der Waals surface area contributed by atoms with E-state index in [2.05, 4.69) is 10.3 Å². The van der Waals surface area contributed by atoms with Crippen molar-refractivity contribution in [1.82, 2.24) is 15.2 Å². The average molecular weight is 343 g/mol. The molecule has 2 aromatic rings. The number of rotatable bonds is 2. The number of carbonyl (C=O) groups is 2. The molecule has 5 nitrogen and oxygen atoms in total. The molecule has 132 valence electrons. The third kappa shape index (κ3) is 2.60. The van der Waals surface area contributed by atoms with Gasteiger partial charge in [-0.05, 0) is 55.9 Å². The van der Waals surface area contributed by atoms with Crippen molar-refractivity contribution in [2.75, 3.05) is 19.6 Å². The van der Waals surface area contributed by atoms with E-state index in [1.54, 1.807) is 19.1 Å². The predicted octanol–water partition coefficient (Wildman–Crippen LogP) is 2.54. The number of H-pyrrole nitrogens is 1. The Hall–Kier alpha value is -2.37. The van der Waals surface area contributed by atoms with Crippen molar-refractivity contribution in [1.29, 1.82) is 0 Å². The number of aromatic amines is 1. The van der Waals surface area contributed by atoms with Crippen LogP contribution in [-0.4, -0.2) is 41.3 Å². The monoisotopic (exact) mass is 343 g/mol. The van der Waals surface area contributed by atoms with E-state index in [0.717, 1.165) is 29.3 Å². The Morgan fingerprint density at radius 1 is 1.32 bits per heavy atom. The van der Waals surface area contributed by atoms with Crippen molar-refractivity contribution in [3.63, 3.8) is 0 Å². The number of benzene rings is 1. The Kier molecular flexibility index (Phi) is 3.78. The maximum absolute atomic E-state index is 13.6. The smallest absolute Gasteiger partial charge is 0.238 e. The minimum absolute atomic E-state index is 0.0640. The van der Waals surface area contributed by atoms with Crippen LogP contribution in [0.1, 0.15) is 37.7 Å². The van der Waals surface area contributed by atoms with E-state index in [1.807, 2.05) is 11.1 Å². The fraction of sp³-hybridized carbons (Fsp3) is 0.474. The minimum Gasteiger partial charge on any atom is -0.361 e. The maximum atomic E-state index is 13.6. The summed E-state index contributed by atoms with van der Waals surface area (Å²) in [5.74, 6) is -0.163. The molecule has 2 N–H and O–H groups in total. The highest BCUT2D eigenvalue weighted by molar-refractivity contribution is 6.06. The number of likely N-dealkylation sites (tertiary alicyclic amines) is 1. The van der Waals surface area contributed by atoms with Gasteiger partial charge in [-0.1, -0.05) is 0 Å². The summed E-state index contributed by atoms with van der Waals surface area (Å²) in [4.78, 5) is 29.8. The molecule has 2 aliphatic rings. The Morgan fingerprint density at radius 3 is 2.76 bits per heavy atom. The first-order chi connectivity index (χ1) is 12.0. The number of nitrogens with one attached hydrogen (secondary N) is 2. The van der Waals surface area contributed by atoms with Crippen LogP contribution in [0.5, 0.6) is 0 Å². The lowest BCUT2D eigenvalue weighted by Crippen LogP contribution is -2.48. The van der Waals surface area contributed by atoms with E-state index in [0.29, 0.717) is 32.0 Å². The molecule has 1 unspecified atom stereocenters. The summed E-state index contributed by atoms with van der Waals surface area (Å²) < 4.78 is 13.6. The quantitative estimate of drug-likeness (QED) is 0.823. The Balaban J connectivity index is 1.49. The van der Waals surface area contributed by atoms with Gasteiger partial charge < -0.3 is 15.2 Å². The lowest BCUT2D eigenvalue weighted by atomic mass is 9.84. The van der Waals surface area contributed by atoms with Crippen LogP contribution < -0.4 is 5.32 Å². The zero-order valence-electron chi connectivity index (χ0n) is 14.3. The van der Waals surface area contributed by atoms with Crippen molar-refractivity contribution >= 4 is 22.7 Å². The van der Waals surface area contributed by atoms with Crippen LogP contribution in [0.3, 0.4) is 0 Å². The van der Waals surface area contributed by atoms with Gasteiger partial charge in [0.05, 0.1) is 0 Å². The standard InChI is InChI=1S/C19H22FN3O2/c1-19(6-7-21-17(19)24)18(25)23-8-4-12(5-9-23)15-11-22-16-3-2-13(20)10-14(15)16/h2-3,10-12,22H,4-9H2,1H3,(H,21,24). The van der Waals surface area contributed by atoms with Crippen molar-refractivity contribution in [3.05, 3.63) is 35.8 Å². The largest absolute Gasteiger partial charge is 0.361 e. The Labute approximate surface area is 145 Å². The van der Waals surface area contributed by atoms with Gasteiger partial charge in [0, 0.05) is 36.7 Å². The van der Waals surface area contributed by atoms with Crippen molar-refractivity contribution in [3.8, 4) is 0 Å². The molecule has 0 spiro atoms. The van der Waals surface area contributed by atoms with Crippen LogP contribution in [0, 0.1) is 11.2 Å². The van der Waals surface area contributed by atoms with Gasteiger partial charge in [-0.25, -0.2) is 4.39 Å². The third-order valence-corrected chi connectivity index (χ3v) is 5.78. The number of aromatic nitrogens is 1. The molecule has 2 saturated heterocycles. The van der Waals surface area contributed by atoms with Crippen LogP contribution in [-0.2, 0) is 9.59 Å². The number of halogens is 1. The van der Waals surface area contributed by atoms with Crippen molar-refractivity contribution < 1.29 is 14.0 Å². The molecule has 0 saturated carbocycles. The average Bonchev–Trinajstić information content (AvgIpc) is 3.18. The minimum atomic E-state index is -0.920. The van der Waals surface area contributed by atoms with E-state index < -0.39 is 5.41 Å².